The molecule has 0 N–H and O–H groups in total. The van der Waals surface area contributed by atoms with Gasteiger partial charge in [0, 0.05) is 0 Å². The Morgan fingerprint density at radius 1 is 1.11 bits per heavy atom. The van der Waals surface area contributed by atoms with E-state index >= 15 is 0 Å². The first kappa shape index (κ1) is 7.66. The van der Waals surface area contributed by atoms with Crippen LogP contribution in [0.25, 0.3) is 0 Å². The lowest BCUT2D eigenvalue weighted by molar-refractivity contribution is -0.866. The van der Waals surface area contributed by atoms with Crippen LogP contribution in [0, 0.1) is 20.2 Å². The van der Waals surface area contributed by atoms with Gasteiger partial charge in [-0.25, -0.2) is 0 Å². The number of rotatable bonds is 2. The Labute approximate surface area is 46.4 Å². The van der Waals surface area contributed by atoms with Gasteiger partial charge in [0.1, 0.15) is 0 Å². The highest BCUT2D eigenvalue weighted by atomic mass is 19.3. The van der Waals surface area contributed by atoms with E-state index < -0.39 is 16.0 Å². The molecule has 0 saturated carbocycles. The van der Waals surface area contributed by atoms with Crippen molar-refractivity contribution in [2.24, 2.45) is 0 Å². The maximum Gasteiger partial charge on any atom is 0.796 e. The summed E-state index contributed by atoms with van der Waals surface area (Å²) in [6, 6.07) is 0. The fourth-order valence-corrected chi connectivity index (χ4v) is 0.0667. The lowest BCUT2D eigenvalue weighted by Crippen LogP contribution is -2.36. The molecule has 9 heavy (non-hydrogen) atoms. The van der Waals surface area contributed by atoms with E-state index in [1.807, 2.05) is 0 Å². The van der Waals surface area contributed by atoms with Gasteiger partial charge >= 0.3 is 6.17 Å². The van der Waals surface area contributed by atoms with Crippen molar-refractivity contribution in [2.75, 3.05) is 0 Å². The second kappa shape index (κ2) is 1.88. The fraction of sp³-hybridized carbons (Fsp3) is 1.00. The number of halogens is 2. The Kier molecular flexibility index (Phi) is 1.60. The highest BCUT2D eigenvalue weighted by Gasteiger charge is 2.60. The van der Waals surface area contributed by atoms with Gasteiger partial charge < -0.3 is 0 Å². The van der Waals surface area contributed by atoms with Gasteiger partial charge in [-0.1, -0.05) is 8.78 Å². The Morgan fingerprint density at radius 2 is 1.33 bits per heavy atom. The van der Waals surface area contributed by atoms with Crippen LogP contribution in [-0.4, -0.2) is 16.0 Å². The van der Waals surface area contributed by atoms with Gasteiger partial charge in [-0.05, 0) is 0 Å². The SMILES string of the molecule is O=[N+]([O-])C(F)(F)[N+](=O)[O-]. The summed E-state index contributed by atoms with van der Waals surface area (Å²) < 4.78 is 22.5. The Hall–Kier alpha value is -1.34. The van der Waals surface area contributed by atoms with Crippen molar-refractivity contribution in [3.63, 3.8) is 0 Å². The molecule has 0 aromatic rings. The maximum atomic E-state index is 11.3. The third-order valence-corrected chi connectivity index (χ3v) is 0.439. The zero-order valence-corrected chi connectivity index (χ0v) is 3.78. The van der Waals surface area contributed by atoms with Crippen LogP contribution < -0.4 is 0 Å². The minimum atomic E-state index is -5.06. The third-order valence-electron chi connectivity index (χ3n) is 0.439. The van der Waals surface area contributed by atoms with E-state index in [1.54, 1.807) is 0 Å². The van der Waals surface area contributed by atoms with Crippen molar-refractivity contribution in [1.29, 1.82) is 0 Å². The predicted molar refractivity (Wildman–Crippen MR) is 18.9 cm³/mol. The van der Waals surface area contributed by atoms with Crippen molar-refractivity contribution < 1.29 is 18.6 Å². The van der Waals surface area contributed by atoms with Crippen molar-refractivity contribution in [1.82, 2.24) is 0 Å². The first-order valence-electron chi connectivity index (χ1n) is 1.56. The van der Waals surface area contributed by atoms with Gasteiger partial charge in [0.2, 0.25) is 0 Å². The first-order valence-corrected chi connectivity index (χ1v) is 1.56. The molecule has 52 valence electrons. The van der Waals surface area contributed by atoms with Gasteiger partial charge in [0.05, 0.1) is 0 Å². The monoisotopic (exact) mass is 142 g/mol. The van der Waals surface area contributed by atoms with Crippen molar-refractivity contribution in [3.8, 4) is 0 Å². The molecule has 0 fully saturated rings. The molecule has 0 aliphatic rings. The molecule has 0 unspecified atom stereocenters. The molecule has 0 aliphatic heterocycles. The minimum absolute atomic E-state index is 2.27. The van der Waals surface area contributed by atoms with Gasteiger partial charge in [0.25, 0.3) is 0 Å². The van der Waals surface area contributed by atoms with Crippen molar-refractivity contribution in [3.05, 3.63) is 20.2 Å². The van der Waals surface area contributed by atoms with E-state index in [1.165, 1.54) is 0 Å². The van der Waals surface area contributed by atoms with E-state index in [2.05, 4.69) is 0 Å². The summed E-state index contributed by atoms with van der Waals surface area (Å²) in [6.07, 6.45) is -5.06. The Bertz CT molecular complexity index is 139. The number of hydrogen-bond acceptors (Lipinski definition) is 4. The molecule has 0 aliphatic carbocycles. The summed E-state index contributed by atoms with van der Waals surface area (Å²) in [5.41, 5.74) is 0. The van der Waals surface area contributed by atoms with Gasteiger partial charge in [0.15, 0.2) is 9.85 Å². The van der Waals surface area contributed by atoms with Crippen LogP contribution in [0.3, 0.4) is 0 Å². The van der Waals surface area contributed by atoms with Crippen LogP contribution >= 0.6 is 0 Å². The minimum Gasteiger partial charge on any atom is -0.253 e. The molecule has 0 spiro atoms. The van der Waals surface area contributed by atoms with E-state index in [4.69, 9.17) is 20.2 Å². The third kappa shape index (κ3) is 1.27. The summed E-state index contributed by atoms with van der Waals surface area (Å²) in [7, 11) is 0. The second-order valence-corrected chi connectivity index (χ2v) is 1.02. The van der Waals surface area contributed by atoms with Gasteiger partial charge in [-0.2, -0.15) is 0 Å². The maximum absolute atomic E-state index is 11.3. The number of hydrogen-bond donors (Lipinski definition) is 0. The molecule has 0 atom stereocenters. The van der Waals surface area contributed by atoms with Gasteiger partial charge in [-0.3, -0.25) is 20.2 Å². The molecular weight excluding hydrogens is 142 g/mol. The topological polar surface area (TPSA) is 86.3 Å². The molecule has 0 heterocycles. The average Bonchev–Trinajstić information content (AvgIpc) is 1.65. The Balaban J connectivity index is 4.38. The van der Waals surface area contributed by atoms with Crippen LogP contribution in [0.1, 0.15) is 0 Å². The molecule has 0 radical (unpaired) electrons. The van der Waals surface area contributed by atoms with Crippen LogP contribution in [0.4, 0.5) is 8.78 Å². The Morgan fingerprint density at radius 3 is 1.33 bits per heavy atom. The predicted octanol–water partition coefficient (Wildman–Crippen LogP) is 0.0901. The lowest BCUT2D eigenvalue weighted by atomic mass is 11.0. The number of nitro groups is 2. The molecular formula is CF2N2O4. The molecule has 8 heteroatoms. The summed E-state index contributed by atoms with van der Waals surface area (Å²) in [5.74, 6) is 0. The highest BCUT2D eigenvalue weighted by Crippen LogP contribution is 2.12. The average molecular weight is 142 g/mol. The zero-order chi connectivity index (χ0) is 7.65. The first-order chi connectivity index (χ1) is 3.89. The summed E-state index contributed by atoms with van der Waals surface area (Å²) in [5, 5.41) is 18.2. The van der Waals surface area contributed by atoms with E-state index in [0.717, 1.165) is 0 Å². The smallest absolute Gasteiger partial charge is 0.253 e. The number of alkyl halides is 2. The summed E-state index contributed by atoms with van der Waals surface area (Å²) >= 11 is 0. The molecule has 0 bridgehead atoms. The molecule has 0 aromatic heterocycles. The van der Waals surface area contributed by atoms with E-state index in [9.17, 15) is 8.78 Å². The fourth-order valence-electron chi connectivity index (χ4n) is 0.0667. The quantitative estimate of drug-likeness (QED) is 0.236. The van der Waals surface area contributed by atoms with Crippen molar-refractivity contribution in [2.45, 2.75) is 6.17 Å². The molecule has 0 rings (SSSR count). The summed E-state index contributed by atoms with van der Waals surface area (Å²) in [4.78, 5) is 13.6. The molecule has 0 aromatic carbocycles. The zero-order valence-electron chi connectivity index (χ0n) is 3.78. The van der Waals surface area contributed by atoms with Crippen LogP contribution in [0.2, 0.25) is 0 Å². The van der Waals surface area contributed by atoms with E-state index in [-0.39, 0.29) is 0 Å². The van der Waals surface area contributed by atoms with Gasteiger partial charge in [-0.15, -0.1) is 0 Å². The van der Waals surface area contributed by atoms with Crippen LogP contribution in [-0.2, 0) is 0 Å². The molecule has 0 saturated heterocycles. The number of nitrogens with zero attached hydrogens (tertiary/aromatic N) is 2. The molecule has 0 amide bonds. The van der Waals surface area contributed by atoms with Crippen molar-refractivity contribution >= 4 is 0 Å². The summed E-state index contributed by atoms with van der Waals surface area (Å²) in [6.45, 7) is 0. The van der Waals surface area contributed by atoms with Crippen LogP contribution in [0.5, 0.6) is 0 Å². The standard InChI is InChI=1S/CF2N2O4/c2-1(3,4(6)7)5(8)9. The highest BCUT2D eigenvalue weighted by molar-refractivity contribution is 4.25. The lowest BCUT2D eigenvalue weighted by Gasteiger charge is -1.93. The normalized spacial score (nSPS) is 10.9. The largest absolute Gasteiger partial charge is 0.796 e. The van der Waals surface area contributed by atoms with Crippen LogP contribution in [0.15, 0.2) is 0 Å². The molecule has 6 nitrogen and oxygen atoms in total. The van der Waals surface area contributed by atoms with E-state index in [0.29, 0.717) is 0 Å². The second-order valence-electron chi connectivity index (χ2n) is 1.02.